The van der Waals surface area contributed by atoms with Gasteiger partial charge in [0.15, 0.2) is 17.7 Å². The van der Waals surface area contributed by atoms with Crippen LogP contribution in [0.5, 0.6) is 0 Å². The highest BCUT2D eigenvalue weighted by Gasteiger charge is 2.76. The van der Waals surface area contributed by atoms with Gasteiger partial charge in [-0.25, -0.2) is 0 Å². The van der Waals surface area contributed by atoms with E-state index in [-0.39, 0.29) is 45.6 Å². The summed E-state index contributed by atoms with van der Waals surface area (Å²) < 4.78 is 13.7. The Morgan fingerprint density at radius 1 is 1.11 bits per heavy atom. The number of carbonyl (C=O) groups excluding carboxylic acids is 2. The van der Waals surface area contributed by atoms with Crippen LogP contribution >= 0.6 is 11.8 Å². The maximum Gasteiger partial charge on any atom is 0.224 e. The second-order valence-electron chi connectivity index (χ2n) is 15.7. The standard InChI is InChI=1S/C38H46O5S/c1-35(2,3)16-15-32-42-31-20-29-28-13-12-26-19-27(39)14-17-36(26,4)33(28)30(40)21-37(29,5)38(31,43-32)34(41)44-22-23-10-11-24-8-6-7-9-25(24)18-23/h6-11,14,17-19,28-33,40H,12-13,15-16,20-22H2,1-5H3/t28?,29?,30?,31-,32?,33?,36?,37?,38+/m1/s1. The van der Waals surface area contributed by atoms with Crippen LogP contribution in [-0.2, 0) is 24.8 Å². The molecule has 4 fully saturated rings. The molecule has 7 unspecified atom stereocenters. The van der Waals surface area contributed by atoms with E-state index in [9.17, 15) is 14.7 Å². The lowest BCUT2D eigenvalue weighted by Crippen LogP contribution is -2.62. The van der Waals surface area contributed by atoms with E-state index in [4.69, 9.17) is 9.47 Å². The summed E-state index contributed by atoms with van der Waals surface area (Å²) in [5, 5.41) is 14.4. The topological polar surface area (TPSA) is 72.8 Å². The molecule has 6 heteroatoms. The van der Waals surface area contributed by atoms with Gasteiger partial charge in [-0.2, -0.15) is 0 Å². The molecule has 0 amide bonds. The van der Waals surface area contributed by atoms with Gasteiger partial charge in [0, 0.05) is 22.5 Å². The molecule has 0 aromatic heterocycles. The summed E-state index contributed by atoms with van der Waals surface area (Å²) in [7, 11) is 0. The van der Waals surface area contributed by atoms with Crippen LogP contribution in [0.1, 0.15) is 78.7 Å². The van der Waals surface area contributed by atoms with Crippen LogP contribution < -0.4 is 0 Å². The van der Waals surface area contributed by atoms with Crippen LogP contribution in [0.25, 0.3) is 10.8 Å². The lowest BCUT2D eigenvalue weighted by atomic mass is 9.46. The highest BCUT2D eigenvalue weighted by molar-refractivity contribution is 8.13. The molecule has 5 nitrogen and oxygen atoms in total. The van der Waals surface area contributed by atoms with Crippen molar-refractivity contribution in [2.75, 3.05) is 0 Å². The van der Waals surface area contributed by atoms with Gasteiger partial charge in [0.05, 0.1) is 12.2 Å². The van der Waals surface area contributed by atoms with Crippen LogP contribution in [0, 0.1) is 34.0 Å². The fourth-order valence-electron chi connectivity index (χ4n) is 9.75. The molecule has 0 radical (unpaired) electrons. The number of hydrogen-bond acceptors (Lipinski definition) is 6. The molecule has 7 rings (SSSR count). The summed E-state index contributed by atoms with van der Waals surface area (Å²) in [5.74, 6) is 0.994. The van der Waals surface area contributed by atoms with Crippen molar-refractivity contribution in [3.63, 3.8) is 0 Å². The zero-order valence-corrected chi connectivity index (χ0v) is 27.5. The number of thioether (sulfide) groups is 1. The Balaban J connectivity index is 1.21. The van der Waals surface area contributed by atoms with Crippen molar-refractivity contribution in [3.8, 4) is 0 Å². The summed E-state index contributed by atoms with van der Waals surface area (Å²) in [4.78, 5) is 27.0. The van der Waals surface area contributed by atoms with E-state index in [1.54, 1.807) is 12.2 Å². The second-order valence-corrected chi connectivity index (χ2v) is 16.7. The number of allylic oxidation sites excluding steroid dienone is 4. The number of hydrogen-bond donors (Lipinski definition) is 1. The van der Waals surface area contributed by atoms with E-state index in [0.717, 1.165) is 43.2 Å². The molecule has 44 heavy (non-hydrogen) atoms. The molecule has 0 spiro atoms. The van der Waals surface area contributed by atoms with Gasteiger partial charge in [-0.1, -0.05) is 100 Å². The number of fused-ring (bicyclic) bond motifs is 8. The van der Waals surface area contributed by atoms with Gasteiger partial charge in [0.25, 0.3) is 0 Å². The van der Waals surface area contributed by atoms with E-state index in [2.05, 4.69) is 65.0 Å². The molecule has 0 bridgehead atoms. The Bertz CT molecular complexity index is 1550. The first kappa shape index (κ1) is 30.4. The van der Waals surface area contributed by atoms with Gasteiger partial charge in [0.2, 0.25) is 5.12 Å². The molecule has 1 saturated heterocycles. The molecule has 2 aromatic rings. The molecular formula is C38H46O5S. The third-order valence-corrected chi connectivity index (χ3v) is 12.9. The maximum absolute atomic E-state index is 14.7. The largest absolute Gasteiger partial charge is 0.393 e. The Hall–Kier alpha value is -2.25. The molecule has 1 heterocycles. The molecule has 5 aliphatic rings. The van der Waals surface area contributed by atoms with Gasteiger partial charge in [-0.15, -0.1) is 0 Å². The Morgan fingerprint density at radius 3 is 2.66 bits per heavy atom. The zero-order valence-electron chi connectivity index (χ0n) is 26.7. The lowest BCUT2D eigenvalue weighted by molar-refractivity contribution is -0.194. The van der Waals surface area contributed by atoms with E-state index in [1.165, 1.54) is 22.5 Å². The Morgan fingerprint density at radius 2 is 1.89 bits per heavy atom. The molecule has 234 valence electrons. The van der Waals surface area contributed by atoms with Crippen LogP contribution in [0.3, 0.4) is 0 Å². The number of aliphatic hydroxyl groups excluding tert-OH is 1. The third-order valence-electron chi connectivity index (χ3n) is 11.9. The molecular weight excluding hydrogens is 568 g/mol. The highest BCUT2D eigenvalue weighted by Crippen LogP contribution is 2.70. The van der Waals surface area contributed by atoms with Gasteiger partial charge in [0.1, 0.15) is 0 Å². The fraction of sp³-hybridized carbons (Fsp3) is 0.579. The van der Waals surface area contributed by atoms with Crippen LogP contribution in [-0.4, -0.2) is 40.1 Å². The van der Waals surface area contributed by atoms with Gasteiger partial charge in [-0.05, 0) is 84.3 Å². The SMILES string of the molecule is CC(C)(C)CCC1O[C@@H]2CC3C4CCC5=CC(=O)C=CC5(C)C4C(O)CC3(C)[C@]2(C(=O)SCc2ccc3ccccc3c2)O1. The number of ketones is 1. The van der Waals surface area contributed by atoms with Crippen molar-refractivity contribution in [2.45, 2.75) is 103 Å². The summed E-state index contributed by atoms with van der Waals surface area (Å²) in [6.45, 7) is 11.1. The monoisotopic (exact) mass is 614 g/mol. The molecule has 1 aliphatic heterocycles. The van der Waals surface area contributed by atoms with Gasteiger partial charge < -0.3 is 14.6 Å². The first-order valence-corrected chi connectivity index (χ1v) is 17.4. The summed E-state index contributed by atoms with van der Waals surface area (Å²) in [6, 6.07) is 14.7. The van der Waals surface area contributed by atoms with Crippen molar-refractivity contribution in [3.05, 3.63) is 71.8 Å². The van der Waals surface area contributed by atoms with Gasteiger partial charge in [-0.3, -0.25) is 9.59 Å². The number of ether oxygens (including phenoxy) is 2. The van der Waals surface area contributed by atoms with E-state index in [1.807, 2.05) is 18.2 Å². The minimum Gasteiger partial charge on any atom is -0.393 e. The molecule has 4 aliphatic carbocycles. The Labute approximate surface area is 265 Å². The molecule has 2 aromatic carbocycles. The average Bonchev–Trinajstić information content (AvgIpc) is 3.47. The first-order chi connectivity index (χ1) is 20.8. The quantitative estimate of drug-likeness (QED) is 0.371. The predicted molar refractivity (Wildman–Crippen MR) is 175 cm³/mol. The number of aliphatic hydroxyl groups is 1. The smallest absolute Gasteiger partial charge is 0.224 e. The minimum atomic E-state index is -1.11. The molecule has 1 N–H and O–H groups in total. The number of rotatable bonds is 5. The van der Waals surface area contributed by atoms with Crippen molar-refractivity contribution in [2.24, 2.45) is 34.0 Å². The summed E-state index contributed by atoms with van der Waals surface area (Å²) in [5.41, 5.74) is 0.356. The fourth-order valence-corrected chi connectivity index (χ4v) is 10.9. The minimum absolute atomic E-state index is 0.00200. The first-order valence-electron chi connectivity index (χ1n) is 16.4. The average molecular weight is 615 g/mol. The van der Waals surface area contributed by atoms with Crippen molar-refractivity contribution in [1.29, 1.82) is 0 Å². The highest BCUT2D eigenvalue weighted by atomic mass is 32.2. The lowest BCUT2D eigenvalue weighted by Gasteiger charge is -2.59. The zero-order chi connectivity index (χ0) is 31.1. The second kappa shape index (κ2) is 10.7. The third kappa shape index (κ3) is 4.70. The van der Waals surface area contributed by atoms with Crippen molar-refractivity contribution in [1.82, 2.24) is 0 Å². The van der Waals surface area contributed by atoms with Crippen LogP contribution in [0.15, 0.2) is 66.3 Å². The van der Waals surface area contributed by atoms with Gasteiger partial charge >= 0.3 is 0 Å². The van der Waals surface area contributed by atoms with E-state index in [0.29, 0.717) is 12.2 Å². The number of benzene rings is 2. The van der Waals surface area contributed by atoms with Crippen molar-refractivity contribution >= 4 is 33.4 Å². The summed E-state index contributed by atoms with van der Waals surface area (Å²) >= 11 is 1.35. The predicted octanol–water partition coefficient (Wildman–Crippen LogP) is 7.79. The molecule has 9 atom stereocenters. The Kier molecular flexibility index (Phi) is 7.36. The normalized spacial score (nSPS) is 39.4. The maximum atomic E-state index is 14.7. The van der Waals surface area contributed by atoms with Crippen LogP contribution in [0.4, 0.5) is 0 Å². The van der Waals surface area contributed by atoms with E-state index >= 15 is 0 Å². The number of carbonyl (C=O) groups is 2. The van der Waals surface area contributed by atoms with Crippen LogP contribution in [0.2, 0.25) is 0 Å². The summed E-state index contributed by atoms with van der Waals surface area (Å²) in [6.07, 6.45) is 8.80. The molecule has 3 saturated carbocycles. The van der Waals surface area contributed by atoms with Crippen molar-refractivity contribution < 1.29 is 24.2 Å². The van der Waals surface area contributed by atoms with E-state index < -0.39 is 23.4 Å².